The van der Waals surface area contributed by atoms with Crippen LogP contribution in [0, 0.1) is 6.92 Å². The lowest BCUT2D eigenvalue weighted by atomic mass is 10.0. The van der Waals surface area contributed by atoms with Gasteiger partial charge in [0, 0.05) is 0 Å². The molecule has 0 saturated carbocycles. The summed E-state index contributed by atoms with van der Waals surface area (Å²) < 4.78 is 0. The summed E-state index contributed by atoms with van der Waals surface area (Å²) in [7, 11) is 0. The van der Waals surface area contributed by atoms with Crippen LogP contribution in [0.2, 0.25) is 0 Å². The molecule has 3 heteroatoms. The molecule has 72 valence electrons. The molecule has 0 radical (unpaired) electrons. The van der Waals surface area contributed by atoms with Crippen molar-refractivity contribution in [3.05, 3.63) is 29.3 Å². The molecule has 1 rings (SSSR count). The second kappa shape index (κ2) is 3.77. The zero-order valence-electron chi connectivity index (χ0n) is 7.86. The van der Waals surface area contributed by atoms with E-state index in [1.807, 2.05) is 13.0 Å². The Labute approximate surface area is 77.8 Å². The molecule has 0 bridgehead atoms. The van der Waals surface area contributed by atoms with Crippen molar-refractivity contribution in [3.63, 3.8) is 0 Å². The SMILES string of the molecule is Cc1ccc([C@H](N)[C@H](C)O)cc1O. The van der Waals surface area contributed by atoms with Crippen LogP contribution in [0.1, 0.15) is 24.1 Å². The third kappa shape index (κ3) is 2.20. The van der Waals surface area contributed by atoms with Gasteiger partial charge in [0.1, 0.15) is 5.75 Å². The van der Waals surface area contributed by atoms with Crippen molar-refractivity contribution in [2.75, 3.05) is 0 Å². The van der Waals surface area contributed by atoms with E-state index in [4.69, 9.17) is 5.73 Å². The quantitative estimate of drug-likeness (QED) is 0.639. The van der Waals surface area contributed by atoms with Crippen LogP contribution in [0.5, 0.6) is 5.75 Å². The molecular formula is C10H15NO2. The average Bonchev–Trinajstić information content (AvgIpc) is 2.08. The lowest BCUT2D eigenvalue weighted by Gasteiger charge is -2.15. The molecule has 0 spiro atoms. The van der Waals surface area contributed by atoms with Gasteiger partial charge in [0.25, 0.3) is 0 Å². The molecule has 0 aliphatic carbocycles. The largest absolute Gasteiger partial charge is 0.508 e. The Balaban J connectivity index is 2.97. The number of hydrogen-bond acceptors (Lipinski definition) is 3. The first-order valence-corrected chi connectivity index (χ1v) is 4.25. The van der Waals surface area contributed by atoms with Crippen LogP contribution in [0.25, 0.3) is 0 Å². The van der Waals surface area contributed by atoms with Crippen molar-refractivity contribution in [2.24, 2.45) is 5.73 Å². The number of aliphatic hydroxyl groups excluding tert-OH is 1. The normalized spacial score (nSPS) is 15.4. The summed E-state index contributed by atoms with van der Waals surface area (Å²) in [6, 6.07) is 4.75. The minimum absolute atomic E-state index is 0.216. The van der Waals surface area contributed by atoms with Gasteiger partial charge in [-0.2, -0.15) is 0 Å². The fourth-order valence-electron chi connectivity index (χ4n) is 1.11. The number of aromatic hydroxyl groups is 1. The van der Waals surface area contributed by atoms with E-state index in [0.29, 0.717) is 0 Å². The lowest BCUT2D eigenvalue weighted by Crippen LogP contribution is -2.22. The van der Waals surface area contributed by atoms with Gasteiger partial charge >= 0.3 is 0 Å². The maximum Gasteiger partial charge on any atom is 0.118 e. The molecule has 1 aromatic carbocycles. The summed E-state index contributed by atoms with van der Waals surface area (Å²) in [5.74, 6) is 0.216. The van der Waals surface area contributed by atoms with Gasteiger partial charge in [-0.1, -0.05) is 12.1 Å². The molecular weight excluding hydrogens is 166 g/mol. The van der Waals surface area contributed by atoms with Crippen molar-refractivity contribution >= 4 is 0 Å². The molecule has 0 aliphatic rings. The fourth-order valence-corrected chi connectivity index (χ4v) is 1.11. The van der Waals surface area contributed by atoms with Crippen molar-refractivity contribution in [3.8, 4) is 5.75 Å². The molecule has 1 aromatic rings. The van der Waals surface area contributed by atoms with Crippen molar-refractivity contribution in [1.82, 2.24) is 0 Å². The summed E-state index contributed by atoms with van der Waals surface area (Å²) in [4.78, 5) is 0. The van der Waals surface area contributed by atoms with E-state index in [1.54, 1.807) is 19.1 Å². The maximum absolute atomic E-state index is 9.39. The number of benzene rings is 1. The highest BCUT2D eigenvalue weighted by Gasteiger charge is 2.12. The Morgan fingerprint density at radius 1 is 1.38 bits per heavy atom. The molecule has 4 N–H and O–H groups in total. The summed E-state index contributed by atoms with van der Waals surface area (Å²) in [5.41, 5.74) is 7.25. The molecule has 0 aliphatic heterocycles. The average molecular weight is 181 g/mol. The number of rotatable bonds is 2. The highest BCUT2D eigenvalue weighted by Crippen LogP contribution is 2.22. The van der Waals surface area contributed by atoms with Crippen LogP contribution in [-0.4, -0.2) is 16.3 Å². The van der Waals surface area contributed by atoms with Gasteiger partial charge < -0.3 is 15.9 Å². The first-order chi connectivity index (χ1) is 6.02. The van der Waals surface area contributed by atoms with Crippen molar-refractivity contribution in [2.45, 2.75) is 26.0 Å². The van der Waals surface area contributed by atoms with Crippen LogP contribution in [-0.2, 0) is 0 Å². The van der Waals surface area contributed by atoms with Gasteiger partial charge in [-0.25, -0.2) is 0 Å². The van der Waals surface area contributed by atoms with Crippen LogP contribution in [0.3, 0.4) is 0 Å². The second-order valence-corrected chi connectivity index (χ2v) is 3.31. The number of hydrogen-bond donors (Lipinski definition) is 3. The minimum atomic E-state index is -0.609. The van der Waals surface area contributed by atoms with E-state index in [2.05, 4.69) is 0 Å². The van der Waals surface area contributed by atoms with E-state index < -0.39 is 12.1 Å². The number of aryl methyl sites for hydroxylation is 1. The highest BCUT2D eigenvalue weighted by atomic mass is 16.3. The van der Waals surface area contributed by atoms with E-state index >= 15 is 0 Å². The minimum Gasteiger partial charge on any atom is -0.508 e. The van der Waals surface area contributed by atoms with Crippen LogP contribution in [0.4, 0.5) is 0 Å². The fraction of sp³-hybridized carbons (Fsp3) is 0.400. The molecule has 0 amide bonds. The maximum atomic E-state index is 9.39. The predicted octanol–water partition coefficient (Wildman–Crippen LogP) is 1.08. The second-order valence-electron chi connectivity index (χ2n) is 3.31. The standard InChI is InChI=1S/C10H15NO2/c1-6-3-4-8(5-9(6)13)10(11)7(2)12/h3-5,7,10,12-13H,11H2,1-2H3/t7-,10+/m0/s1. The van der Waals surface area contributed by atoms with Gasteiger partial charge in [0.05, 0.1) is 12.1 Å². The van der Waals surface area contributed by atoms with Gasteiger partial charge in [0.15, 0.2) is 0 Å². The molecule has 0 unspecified atom stereocenters. The Kier molecular flexibility index (Phi) is 2.90. The van der Waals surface area contributed by atoms with Gasteiger partial charge in [-0.05, 0) is 31.0 Å². The number of nitrogens with two attached hydrogens (primary N) is 1. The number of phenolic OH excluding ortho intramolecular Hbond substituents is 1. The molecule has 0 fully saturated rings. The smallest absolute Gasteiger partial charge is 0.118 e. The van der Waals surface area contributed by atoms with Gasteiger partial charge in [0.2, 0.25) is 0 Å². The predicted molar refractivity (Wildman–Crippen MR) is 51.5 cm³/mol. The summed E-state index contributed by atoms with van der Waals surface area (Å²) in [5, 5.41) is 18.6. The topological polar surface area (TPSA) is 66.5 Å². The summed E-state index contributed by atoms with van der Waals surface area (Å²) in [6.07, 6.45) is -0.609. The number of phenols is 1. The number of aliphatic hydroxyl groups is 1. The zero-order chi connectivity index (χ0) is 10.0. The third-order valence-electron chi connectivity index (χ3n) is 2.14. The van der Waals surface area contributed by atoms with Gasteiger partial charge in [-0.15, -0.1) is 0 Å². The Morgan fingerprint density at radius 2 is 2.00 bits per heavy atom. The zero-order valence-corrected chi connectivity index (χ0v) is 7.86. The monoisotopic (exact) mass is 181 g/mol. The van der Waals surface area contributed by atoms with Gasteiger partial charge in [-0.3, -0.25) is 0 Å². The molecule has 2 atom stereocenters. The Bertz CT molecular complexity index is 297. The molecule has 0 aromatic heterocycles. The van der Waals surface area contributed by atoms with E-state index in [-0.39, 0.29) is 5.75 Å². The third-order valence-corrected chi connectivity index (χ3v) is 2.14. The van der Waals surface area contributed by atoms with Crippen molar-refractivity contribution in [1.29, 1.82) is 0 Å². The van der Waals surface area contributed by atoms with E-state index in [9.17, 15) is 10.2 Å². The lowest BCUT2D eigenvalue weighted by molar-refractivity contribution is 0.164. The molecule has 3 nitrogen and oxygen atoms in total. The molecule has 13 heavy (non-hydrogen) atoms. The van der Waals surface area contributed by atoms with Crippen LogP contribution >= 0.6 is 0 Å². The first kappa shape index (κ1) is 10.0. The van der Waals surface area contributed by atoms with Crippen LogP contribution < -0.4 is 5.73 Å². The molecule has 0 heterocycles. The van der Waals surface area contributed by atoms with E-state index in [0.717, 1.165) is 11.1 Å². The van der Waals surface area contributed by atoms with E-state index in [1.165, 1.54) is 0 Å². The molecule has 0 saturated heterocycles. The van der Waals surface area contributed by atoms with Crippen molar-refractivity contribution < 1.29 is 10.2 Å². The van der Waals surface area contributed by atoms with Crippen LogP contribution in [0.15, 0.2) is 18.2 Å². The Hall–Kier alpha value is -1.06. The first-order valence-electron chi connectivity index (χ1n) is 4.25. The summed E-state index contributed by atoms with van der Waals surface area (Å²) in [6.45, 7) is 3.44. The Morgan fingerprint density at radius 3 is 2.46 bits per heavy atom. The summed E-state index contributed by atoms with van der Waals surface area (Å²) >= 11 is 0. The highest BCUT2D eigenvalue weighted by molar-refractivity contribution is 5.36.